The third-order valence-corrected chi connectivity index (χ3v) is 4.17. The fourth-order valence-electron chi connectivity index (χ4n) is 2.94. The molecule has 1 aliphatic carbocycles. The zero-order chi connectivity index (χ0) is 13.7. The number of nitriles is 1. The van der Waals surface area contributed by atoms with E-state index in [0.29, 0.717) is 24.7 Å². The second-order valence-electron chi connectivity index (χ2n) is 5.86. The Balaban J connectivity index is 1.95. The predicted molar refractivity (Wildman–Crippen MR) is 72.4 cm³/mol. The van der Waals surface area contributed by atoms with Crippen LogP contribution in [0.3, 0.4) is 0 Å². The molecular weight excluding hydrogens is 238 g/mol. The summed E-state index contributed by atoms with van der Waals surface area (Å²) in [5.41, 5.74) is 0. The third kappa shape index (κ3) is 3.79. The van der Waals surface area contributed by atoms with Crippen molar-refractivity contribution in [2.24, 2.45) is 11.8 Å². The van der Waals surface area contributed by atoms with Crippen LogP contribution in [0.5, 0.6) is 0 Å². The number of aromatic nitrogens is 2. The van der Waals surface area contributed by atoms with Gasteiger partial charge in [0.15, 0.2) is 5.82 Å². The van der Waals surface area contributed by atoms with Crippen molar-refractivity contribution in [3.05, 3.63) is 11.7 Å². The molecule has 0 spiro atoms. The number of rotatable bonds is 5. The Morgan fingerprint density at radius 1 is 1.47 bits per heavy atom. The molecular formula is C15H23N3O. The van der Waals surface area contributed by atoms with Crippen molar-refractivity contribution in [2.75, 3.05) is 0 Å². The monoisotopic (exact) mass is 261 g/mol. The minimum atomic E-state index is 0.285. The van der Waals surface area contributed by atoms with Crippen LogP contribution >= 0.6 is 0 Å². The van der Waals surface area contributed by atoms with Crippen molar-refractivity contribution in [1.29, 1.82) is 5.26 Å². The second kappa shape index (κ2) is 6.70. The fraction of sp³-hybridized carbons (Fsp3) is 0.800. The van der Waals surface area contributed by atoms with Crippen LogP contribution in [0.1, 0.15) is 70.0 Å². The van der Waals surface area contributed by atoms with E-state index >= 15 is 0 Å². The van der Waals surface area contributed by atoms with Crippen molar-refractivity contribution in [3.63, 3.8) is 0 Å². The summed E-state index contributed by atoms with van der Waals surface area (Å²) in [6.45, 7) is 4.30. The minimum absolute atomic E-state index is 0.285. The molecule has 1 fully saturated rings. The van der Waals surface area contributed by atoms with Crippen LogP contribution in [0.4, 0.5) is 0 Å². The van der Waals surface area contributed by atoms with Gasteiger partial charge in [0.25, 0.3) is 0 Å². The lowest BCUT2D eigenvalue weighted by Crippen LogP contribution is -2.14. The van der Waals surface area contributed by atoms with Crippen LogP contribution in [-0.4, -0.2) is 10.1 Å². The van der Waals surface area contributed by atoms with Crippen molar-refractivity contribution in [3.8, 4) is 6.07 Å². The molecule has 104 valence electrons. The lowest BCUT2D eigenvalue weighted by atomic mass is 9.80. The molecule has 1 aromatic rings. The lowest BCUT2D eigenvalue weighted by molar-refractivity contribution is 0.297. The SMILES string of the molecule is CCC1CCCC(c2noc(CC(C)CC#N)n2)C1. The van der Waals surface area contributed by atoms with Crippen LogP contribution in [0, 0.1) is 23.2 Å². The summed E-state index contributed by atoms with van der Waals surface area (Å²) in [4.78, 5) is 4.54. The average molecular weight is 261 g/mol. The van der Waals surface area contributed by atoms with E-state index in [4.69, 9.17) is 9.78 Å². The largest absolute Gasteiger partial charge is 0.339 e. The van der Waals surface area contributed by atoms with E-state index in [0.717, 1.165) is 11.7 Å². The maximum Gasteiger partial charge on any atom is 0.226 e. The van der Waals surface area contributed by atoms with Gasteiger partial charge in [-0.15, -0.1) is 0 Å². The molecule has 1 aromatic heterocycles. The molecule has 3 unspecified atom stereocenters. The van der Waals surface area contributed by atoms with Crippen LogP contribution in [-0.2, 0) is 6.42 Å². The van der Waals surface area contributed by atoms with E-state index in [1.807, 2.05) is 6.92 Å². The smallest absolute Gasteiger partial charge is 0.226 e. The van der Waals surface area contributed by atoms with E-state index in [2.05, 4.69) is 23.1 Å². The highest BCUT2D eigenvalue weighted by atomic mass is 16.5. The van der Waals surface area contributed by atoms with E-state index in [-0.39, 0.29) is 5.92 Å². The number of nitrogens with zero attached hydrogens (tertiary/aromatic N) is 3. The zero-order valence-corrected chi connectivity index (χ0v) is 11.9. The highest BCUT2D eigenvalue weighted by Gasteiger charge is 2.26. The topological polar surface area (TPSA) is 62.7 Å². The molecule has 3 atom stereocenters. The van der Waals surface area contributed by atoms with Gasteiger partial charge in [-0.3, -0.25) is 0 Å². The number of hydrogen-bond acceptors (Lipinski definition) is 4. The highest BCUT2D eigenvalue weighted by molar-refractivity contribution is 4.98. The fourth-order valence-corrected chi connectivity index (χ4v) is 2.94. The van der Waals surface area contributed by atoms with Crippen molar-refractivity contribution in [1.82, 2.24) is 10.1 Å². The first-order chi connectivity index (χ1) is 9.22. The molecule has 0 amide bonds. The molecule has 0 saturated heterocycles. The molecule has 0 bridgehead atoms. The second-order valence-corrected chi connectivity index (χ2v) is 5.86. The Labute approximate surface area is 115 Å². The molecule has 4 heteroatoms. The highest BCUT2D eigenvalue weighted by Crippen LogP contribution is 2.36. The van der Waals surface area contributed by atoms with Crippen molar-refractivity contribution < 1.29 is 4.52 Å². The van der Waals surface area contributed by atoms with Gasteiger partial charge in [-0.1, -0.05) is 38.3 Å². The molecule has 0 aromatic carbocycles. The number of hydrogen-bond donors (Lipinski definition) is 0. The van der Waals surface area contributed by atoms with Crippen molar-refractivity contribution >= 4 is 0 Å². The van der Waals surface area contributed by atoms with E-state index < -0.39 is 0 Å². The van der Waals surface area contributed by atoms with Crippen LogP contribution < -0.4 is 0 Å². The van der Waals surface area contributed by atoms with Crippen LogP contribution in [0.15, 0.2) is 4.52 Å². The zero-order valence-electron chi connectivity index (χ0n) is 11.9. The summed E-state index contributed by atoms with van der Waals surface area (Å²) in [5.74, 6) is 3.16. The van der Waals surface area contributed by atoms with Gasteiger partial charge >= 0.3 is 0 Å². The van der Waals surface area contributed by atoms with Gasteiger partial charge in [0.1, 0.15) is 0 Å². The van der Waals surface area contributed by atoms with Crippen molar-refractivity contribution in [2.45, 2.75) is 64.7 Å². The summed E-state index contributed by atoms with van der Waals surface area (Å²) in [7, 11) is 0. The Hall–Kier alpha value is -1.37. The van der Waals surface area contributed by atoms with Gasteiger partial charge < -0.3 is 4.52 Å². The third-order valence-electron chi connectivity index (χ3n) is 4.17. The molecule has 19 heavy (non-hydrogen) atoms. The van der Waals surface area contributed by atoms with Crippen LogP contribution in [0.2, 0.25) is 0 Å². The molecule has 0 radical (unpaired) electrons. The standard InChI is InChI=1S/C15H23N3O/c1-3-12-5-4-6-13(10-12)15-17-14(19-18-15)9-11(2)7-8-16/h11-13H,3-7,9-10H2,1-2H3. The Morgan fingerprint density at radius 2 is 2.32 bits per heavy atom. The van der Waals surface area contributed by atoms with E-state index in [1.54, 1.807) is 0 Å². The van der Waals surface area contributed by atoms with Gasteiger partial charge in [0, 0.05) is 18.8 Å². The maximum absolute atomic E-state index is 8.66. The maximum atomic E-state index is 8.66. The van der Waals surface area contributed by atoms with Gasteiger partial charge in [0.2, 0.25) is 5.89 Å². The normalized spacial score (nSPS) is 24.9. The Kier molecular flexibility index (Phi) is 4.95. The van der Waals surface area contributed by atoms with Gasteiger partial charge in [-0.05, 0) is 24.7 Å². The molecule has 0 aliphatic heterocycles. The quantitative estimate of drug-likeness (QED) is 0.807. The van der Waals surface area contributed by atoms with Gasteiger partial charge in [-0.2, -0.15) is 10.2 Å². The summed E-state index contributed by atoms with van der Waals surface area (Å²) in [6.07, 6.45) is 7.51. The molecule has 2 rings (SSSR count). The summed E-state index contributed by atoms with van der Waals surface area (Å²) in [5, 5.41) is 12.8. The Morgan fingerprint density at radius 3 is 3.05 bits per heavy atom. The molecule has 1 heterocycles. The van der Waals surface area contributed by atoms with E-state index in [1.165, 1.54) is 32.1 Å². The first-order valence-electron chi connectivity index (χ1n) is 7.42. The Bertz CT molecular complexity index is 435. The van der Waals surface area contributed by atoms with Crippen LogP contribution in [0.25, 0.3) is 0 Å². The average Bonchev–Trinajstić information content (AvgIpc) is 2.87. The molecule has 1 saturated carbocycles. The predicted octanol–water partition coefficient (Wildman–Crippen LogP) is 3.85. The van der Waals surface area contributed by atoms with Gasteiger partial charge in [0.05, 0.1) is 6.07 Å². The molecule has 0 N–H and O–H groups in total. The van der Waals surface area contributed by atoms with Gasteiger partial charge in [-0.25, -0.2) is 0 Å². The first kappa shape index (κ1) is 14.0. The molecule has 4 nitrogen and oxygen atoms in total. The lowest BCUT2D eigenvalue weighted by Gasteiger charge is -2.26. The molecule has 1 aliphatic rings. The summed E-state index contributed by atoms with van der Waals surface area (Å²) < 4.78 is 5.33. The summed E-state index contributed by atoms with van der Waals surface area (Å²) in [6, 6.07) is 2.18. The first-order valence-corrected chi connectivity index (χ1v) is 7.42. The summed E-state index contributed by atoms with van der Waals surface area (Å²) >= 11 is 0. The minimum Gasteiger partial charge on any atom is -0.339 e. The van der Waals surface area contributed by atoms with E-state index in [9.17, 15) is 0 Å².